The van der Waals surface area contributed by atoms with Gasteiger partial charge in [-0.25, -0.2) is 0 Å². The summed E-state index contributed by atoms with van der Waals surface area (Å²) in [7, 11) is 0. The minimum atomic E-state index is -0.0815. The number of anilines is 3. The Balaban J connectivity index is 1.29. The number of ether oxygens (including phenoxy) is 2. The molecular weight excluding hydrogens is 805 g/mol. The molecule has 0 N–H and O–H groups in total. The number of benzene rings is 4. The average Bonchev–Trinajstić information content (AvgIpc) is 3.62. The zero-order valence-corrected chi connectivity index (χ0v) is 39.3. The number of allylic oxidation sites excluding steroid dienone is 16. The standard InChI is InChI=1S/C62H62N2O2/c1-8-48-34-36-57(64(53-28-11-9-10-19-42(2)38-53)58-31-18-27-51-39-60(58)65-41-44(4)21-14-23-46(51)6)55-35-33-49-25-16-30-54(40-56(49)61(48)55)63(52-29-15-20-43(3)37-52)59-32-17-26-50-24-13-12-22-45(5)47(7)66-62(50)59/h8-9,11-15,17-23,25-27,29,31-38,40,47,54H,1,6,10,16,24,28,30,39,41H2,2-5,7H3/b11-9?,13-12-,23-14-,42-19-,44-21-,45-22-,53-38+. The third kappa shape index (κ3) is 9.24. The molecule has 3 aliphatic carbocycles. The summed E-state index contributed by atoms with van der Waals surface area (Å²) in [6.45, 7) is 20.2. The van der Waals surface area contributed by atoms with Crippen molar-refractivity contribution in [2.75, 3.05) is 16.4 Å². The number of hydrogen-bond donors (Lipinski definition) is 0. The van der Waals surface area contributed by atoms with E-state index in [-0.39, 0.29) is 12.1 Å². The molecule has 2 atom stereocenters. The van der Waals surface area contributed by atoms with Crippen molar-refractivity contribution < 1.29 is 9.47 Å². The van der Waals surface area contributed by atoms with Gasteiger partial charge in [0.05, 0.1) is 23.1 Å². The first-order chi connectivity index (χ1) is 32.2. The number of rotatable bonds is 7. The van der Waals surface area contributed by atoms with Crippen molar-refractivity contribution >= 4 is 46.1 Å². The van der Waals surface area contributed by atoms with E-state index in [2.05, 4.69) is 215 Å². The SMILES string of the molecule is C=Cc1ccc(N(C2=C3CC(=CC=C2)C(=C)/C=C\C=C(\C)CO3)/C2=C/C(C)=C\CC=CC2)c2ccc3c(c12)=CC(N(c1cccc(C)c1)c1cccc2c1OC(C)/C(C)=C\C=C/C2)CCC=3. The number of aryl methyl sites for hydroxylation is 1. The maximum atomic E-state index is 7.01. The summed E-state index contributed by atoms with van der Waals surface area (Å²) in [4.78, 5) is 5.00. The van der Waals surface area contributed by atoms with Gasteiger partial charge in [-0.1, -0.05) is 146 Å². The van der Waals surface area contributed by atoms with E-state index in [9.17, 15) is 0 Å². The van der Waals surface area contributed by atoms with Crippen LogP contribution in [-0.2, 0) is 11.2 Å². The number of nitrogens with zero attached hydrogens (tertiary/aromatic N) is 2. The fourth-order valence-corrected chi connectivity index (χ4v) is 9.71. The zero-order valence-electron chi connectivity index (χ0n) is 39.3. The van der Waals surface area contributed by atoms with Crippen LogP contribution in [0.25, 0.3) is 29.0 Å². The molecule has 4 nitrogen and oxygen atoms in total. The molecule has 9 rings (SSSR count). The Hall–Kier alpha value is -7.04. The molecule has 0 radical (unpaired) electrons. The summed E-state index contributed by atoms with van der Waals surface area (Å²) < 4.78 is 13.9. The molecule has 4 aromatic carbocycles. The Morgan fingerprint density at radius 3 is 2.55 bits per heavy atom. The molecule has 0 aromatic heterocycles. The summed E-state index contributed by atoms with van der Waals surface area (Å²) in [5.74, 6) is 1.86. The van der Waals surface area contributed by atoms with E-state index in [1.165, 1.54) is 43.8 Å². The number of fused-ring (bicyclic) bond motifs is 6. The normalized spacial score (nSPS) is 23.7. The molecule has 0 fully saturated rings. The second-order valence-electron chi connectivity index (χ2n) is 18.2. The fraction of sp³-hybridized carbons (Fsp3) is 0.226. The second kappa shape index (κ2) is 19.6. The van der Waals surface area contributed by atoms with Crippen LogP contribution in [0.5, 0.6) is 5.75 Å². The molecule has 332 valence electrons. The molecule has 4 aromatic rings. The van der Waals surface area contributed by atoms with Gasteiger partial charge in [0.25, 0.3) is 0 Å². The monoisotopic (exact) mass is 866 g/mol. The van der Waals surface area contributed by atoms with E-state index < -0.39 is 0 Å². The van der Waals surface area contributed by atoms with Gasteiger partial charge in [0.2, 0.25) is 0 Å². The highest BCUT2D eigenvalue weighted by Gasteiger charge is 2.28. The molecule has 0 amide bonds. The smallest absolute Gasteiger partial charge is 0.147 e. The van der Waals surface area contributed by atoms with Crippen LogP contribution >= 0.6 is 0 Å². The van der Waals surface area contributed by atoms with Crippen LogP contribution in [0.15, 0.2) is 204 Å². The quantitative estimate of drug-likeness (QED) is 0.173. The molecule has 5 aliphatic rings. The van der Waals surface area contributed by atoms with Crippen molar-refractivity contribution in [2.24, 2.45) is 0 Å². The van der Waals surface area contributed by atoms with Gasteiger partial charge in [0.15, 0.2) is 0 Å². The molecular formula is C62H62N2O2. The second-order valence-corrected chi connectivity index (χ2v) is 18.2. The molecule has 0 saturated carbocycles. The topological polar surface area (TPSA) is 24.9 Å². The van der Waals surface area contributed by atoms with Gasteiger partial charge >= 0.3 is 0 Å². The molecule has 66 heavy (non-hydrogen) atoms. The van der Waals surface area contributed by atoms with Crippen LogP contribution in [0.3, 0.4) is 0 Å². The van der Waals surface area contributed by atoms with E-state index in [1.807, 2.05) is 6.08 Å². The van der Waals surface area contributed by atoms with E-state index in [0.717, 1.165) is 94.0 Å². The summed E-state index contributed by atoms with van der Waals surface area (Å²) in [5.41, 5.74) is 14.7. The van der Waals surface area contributed by atoms with Gasteiger partial charge in [-0.05, 0) is 146 Å². The Morgan fingerprint density at radius 1 is 0.818 bits per heavy atom. The van der Waals surface area contributed by atoms with E-state index >= 15 is 0 Å². The lowest BCUT2D eigenvalue weighted by Gasteiger charge is -2.35. The van der Waals surface area contributed by atoms with E-state index in [0.29, 0.717) is 13.0 Å². The van der Waals surface area contributed by atoms with Gasteiger partial charge in [-0.15, -0.1) is 0 Å². The molecule has 4 heteroatoms. The molecule has 0 spiro atoms. The first kappa shape index (κ1) is 44.2. The summed E-state index contributed by atoms with van der Waals surface area (Å²) in [6, 6.07) is 24.8. The highest BCUT2D eigenvalue weighted by atomic mass is 16.5. The van der Waals surface area contributed by atoms with Crippen molar-refractivity contribution in [2.45, 2.75) is 85.3 Å². The molecule has 0 saturated heterocycles. The highest BCUT2D eigenvalue weighted by molar-refractivity contribution is 6.01. The molecule has 2 aliphatic heterocycles. The largest absolute Gasteiger partial charge is 0.491 e. The van der Waals surface area contributed by atoms with Crippen molar-refractivity contribution in [1.82, 2.24) is 0 Å². The summed E-state index contributed by atoms with van der Waals surface area (Å²) in [6.07, 6.45) is 40.6. The number of para-hydroxylation sites is 1. The van der Waals surface area contributed by atoms with Crippen LogP contribution in [0.2, 0.25) is 0 Å². The highest BCUT2D eigenvalue weighted by Crippen LogP contribution is 2.43. The maximum absolute atomic E-state index is 7.01. The van der Waals surface area contributed by atoms with Crippen LogP contribution in [-0.4, -0.2) is 18.8 Å². The third-order valence-electron chi connectivity index (χ3n) is 13.4. The number of hydrogen-bond acceptors (Lipinski definition) is 4. The van der Waals surface area contributed by atoms with Crippen LogP contribution < -0.4 is 25.0 Å². The summed E-state index contributed by atoms with van der Waals surface area (Å²) in [5, 5.41) is 4.80. The molecule has 2 heterocycles. The van der Waals surface area contributed by atoms with Crippen molar-refractivity contribution in [3.63, 3.8) is 0 Å². The first-order valence-corrected chi connectivity index (χ1v) is 23.6. The third-order valence-corrected chi connectivity index (χ3v) is 13.4. The lowest BCUT2D eigenvalue weighted by Crippen LogP contribution is -2.34. The molecule has 2 bridgehead atoms. The van der Waals surface area contributed by atoms with Crippen LogP contribution in [0.1, 0.15) is 76.5 Å². The van der Waals surface area contributed by atoms with E-state index in [1.54, 1.807) is 0 Å². The predicted octanol–water partition coefficient (Wildman–Crippen LogP) is 14.4. The van der Waals surface area contributed by atoms with Crippen molar-refractivity contribution in [3.05, 3.63) is 231 Å². The average molecular weight is 867 g/mol. The Kier molecular flexibility index (Phi) is 13.1. The van der Waals surface area contributed by atoms with Gasteiger partial charge in [-0.2, -0.15) is 0 Å². The first-order valence-electron chi connectivity index (χ1n) is 23.6. The predicted molar refractivity (Wildman–Crippen MR) is 281 cm³/mol. The van der Waals surface area contributed by atoms with Gasteiger partial charge < -0.3 is 19.3 Å². The Morgan fingerprint density at radius 2 is 1.68 bits per heavy atom. The van der Waals surface area contributed by atoms with Gasteiger partial charge in [-0.3, -0.25) is 0 Å². The van der Waals surface area contributed by atoms with E-state index in [4.69, 9.17) is 9.47 Å². The fourth-order valence-electron chi connectivity index (χ4n) is 9.71. The Labute approximate surface area is 392 Å². The van der Waals surface area contributed by atoms with Crippen LogP contribution in [0, 0.1) is 6.92 Å². The van der Waals surface area contributed by atoms with Gasteiger partial charge in [0.1, 0.15) is 24.2 Å². The van der Waals surface area contributed by atoms with Crippen LogP contribution in [0.4, 0.5) is 17.1 Å². The Bertz CT molecular complexity index is 3060. The lowest BCUT2D eigenvalue weighted by molar-refractivity contribution is 0.230. The molecule has 2 unspecified atom stereocenters. The summed E-state index contributed by atoms with van der Waals surface area (Å²) >= 11 is 0. The maximum Gasteiger partial charge on any atom is 0.147 e. The van der Waals surface area contributed by atoms with Crippen molar-refractivity contribution in [1.29, 1.82) is 0 Å². The zero-order chi connectivity index (χ0) is 45.7. The minimum Gasteiger partial charge on any atom is -0.491 e. The van der Waals surface area contributed by atoms with Crippen molar-refractivity contribution in [3.8, 4) is 5.75 Å². The van der Waals surface area contributed by atoms with Gasteiger partial charge in [0, 0.05) is 35.2 Å². The minimum absolute atomic E-state index is 0.00206. The lowest BCUT2D eigenvalue weighted by atomic mass is 9.96.